The number of thiocarbonyl (C=S) groups is 1. The van der Waals surface area contributed by atoms with Gasteiger partial charge in [-0.05, 0) is 87.4 Å². The van der Waals surface area contributed by atoms with Crippen molar-refractivity contribution >= 4 is 52.2 Å². The van der Waals surface area contributed by atoms with E-state index in [1.54, 1.807) is 20.3 Å². The smallest absolute Gasteiger partial charge is 0.490 e. The SMILES string of the molecule is COc1ccc([C@@]23CC[C@@H](NC(=S)Nc4cc(Cl)cc(Cl)c4)C[C@@H]2N(C)CC3)cc1OC.O=C(O)C(F)(F)F. The van der Waals surface area contributed by atoms with Crippen LogP contribution in [0.2, 0.25) is 10.0 Å². The Morgan fingerprint density at radius 1 is 1.10 bits per heavy atom. The minimum atomic E-state index is -5.08. The van der Waals surface area contributed by atoms with E-state index < -0.39 is 12.1 Å². The van der Waals surface area contributed by atoms with Gasteiger partial charge in [-0.15, -0.1) is 0 Å². The number of carboxylic acids is 1. The van der Waals surface area contributed by atoms with Gasteiger partial charge in [-0.1, -0.05) is 29.3 Å². The zero-order valence-corrected chi connectivity index (χ0v) is 23.9. The lowest BCUT2D eigenvalue weighted by Gasteiger charge is -2.45. The molecule has 1 saturated carbocycles. The second-order valence-corrected chi connectivity index (χ2v) is 10.8. The fourth-order valence-corrected chi connectivity index (χ4v) is 6.18. The number of ether oxygens (including phenoxy) is 2. The predicted octanol–water partition coefficient (Wildman–Crippen LogP) is 6.12. The second-order valence-electron chi connectivity index (χ2n) is 9.50. The van der Waals surface area contributed by atoms with E-state index in [2.05, 4.69) is 34.7 Å². The first-order valence-electron chi connectivity index (χ1n) is 12.1. The normalized spacial score (nSPS) is 22.7. The fraction of sp³-hybridized carbons (Fsp3) is 0.462. The van der Waals surface area contributed by atoms with E-state index in [-0.39, 0.29) is 5.41 Å². The van der Waals surface area contributed by atoms with Gasteiger partial charge in [-0.3, -0.25) is 0 Å². The van der Waals surface area contributed by atoms with E-state index in [9.17, 15) is 13.2 Å². The molecule has 0 spiro atoms. The number of halogens is 5. The Kier molecular flexibility index (Phi) is 10.2. The van der Waals surface area contributed by atoms with Gasteiger partial charge in [0.25, 0.3) is 0 Å². The van der Waals surface area contributed by atoms with Gasteiger partial charge in [0.05, 0.1) is 14.2 Å². The number of nitrogens with zero attached hydrogens (tertiary/aromatic N) is 1. The summed E-state index contributed by atoms with van der Waals surface area (Å²) in [6.07, 6.45) is -0.805. The number of carboxylic acid groups (broad SMARTS) is 1. The number of anilines is 1. The summed E-state index contributed by atoms with van der Waals surface area (Å²) >= 11 is 17.8. The number of alkyl halides is 3. The third kappa shape index (κ3) is 7.59. The highest BCUT2D eigenvalue weighted by atomic mass is 35.5. The van der Waals surface area contributed by atoms with Gasteiger partial charge >= 0.3 is 12.1 Å². The summed E-state index contributed by atoms with van der Waals surface area (Å²) in [6.45, 7) is 1.08. The largest absolute Gasteiger partial charge is 0.493 e. The van der Waals surface area contributed by atoms with Gasteiger partial charge in [0, 0.05) is 33.2 Å². The fourth-order valence-electron chi connectivity index (χ4n) is 5.37. The lowest BCUT2D eigenvalue weighted by molar-refractivity contribution is -0.192. The van der Waals surface area contributed by atoms with Crippen molar-refractivity contribution in [2.24, 2.45) is 0 Å². The van der Waals surface area contributed by atoms with Crippen LogP contribution < -0.4 is 20.1 Å². The average molecular weight is 609 g/mol. The Bertz CT molecular complexity index is 1180. The van der Waals surface area contributed by atoms with Crippen molar-refractivity contribution in [1.29, 1.82) is 0 Å². The predicted molar refractivity (Wildman–Crippen MR) is 149 cm³/mol. The molecule has 2 aliphatic rings. The van der Waals surface area contributed by atoms with E-state index >= 15 is 0 Å². The molecule has 1 aliphatic heterocycles. The van der Waals surface area contributed by atoms with Crippen LogP contribution >= 0.6 is 35.4 Å². The molecule has 3 N–H and O–H groups in total. The summed E-state index contributed by atoms with van der Waals surface area (Å²) in [4.78, 5) is 11.4. The number of carbonyl (C=O) groups is 1. The van der Waals surface area contributed by atoms with Crippen LogP contribution in [0.5, 0.6) is 11.5 Å². The van der Waals surface area contributed by atoms with Gasteiger partial charge in [0.2, 0.25) is 0 Å². The van der Waals surface area contributed by atoms with Crippen LogP contribution in [-0.2, 0) is 10.2 Å². The Hall–Kier alpha value is -2.47. The molecule has 4 rings (SSSR count). The summed E-state index contributed by atoms with van der Waals surface area (Å²) in [7, 11) is 5.59. The molecule has 0 aromatic heterocycles. The van der Waals surface area contributed by atoms with E-state index in [0.29, 0.717) is 27.2 Å². The van der Waals surface area contributed by atoms with Crippen molar-refractivity contribution in [3.63, 3.8) is 0 Å². The van der Waals surface area contributed by atoms with Crippen LogP contribution in [-0.4, -0.2) is 67.2 Å². The minimum absolute atomic E-state index is 0.113. The standard InChI is InChI=1S/C24H29Cl2N3O2S.C2HF3O2/c1-29-9-8-24(15-4-5-20(30-2)21(10-15)31-3)7-6-18(14-22(24)29)27-23(32)28-19-12-16(25)11-17(26)13-19;3-2(4,5)1(6)7/h4-5,10-13,18,22H,6-9,14H2,1-3H3,(H2,27,28,32);(H,6,7)/t18-,22+,24+;/m1./s1. The number of rotatable bonds is 5. The molecule has 7 nitrogen and oxygen atoms in total. The number of nitrogens with one attached hydrogen (secondary N) is 2. The maximum absolute atomic E-state index is 10.6. The van der Waals surface area contributed by atoms with Crippen molar-refractivity contribution in [3.05, 3.63) is 52.0 Å². The molecule has 13 heteroatoms. The molecular weight excluding hydrogens is 578 g/mol. The highest BCUT2D eigenvalue weighted by Gasteiger charge is 2.50. The molecule has 214 valence electrons. The number of methoxy groups -OCH3 is 2. The van der Waals surface area contributed by atoms with Crippen molar-refractivity contribution in [1.82, 2.24) is 10.2 Å². The number of hydrogen-bond donors (Lipinski definition) is 3. The van der Waals surface area contributed by atoms with E-state index in [1.165, 1.54) is 5.56 Å². The molecule has 1 aliphatic carbocycles. The number of hydrogen-bond acceptors (Lipinski definition) is 5. The quantitative estimate of drug-likeness (QED) is 0.350. The van der Waals surface area contributed by atoms with Crippen LogP contribution in [0.4, 0.5) is 18.9 Å². The number of likely N-dealkylation sites (tertiary alicyclic amines) is 1. The van der Waals surface area contributed by atoms with Crippen LogP contribution in [0.1, 0.15) is 31.2 Å². The average Bonchev–Trinajstić information content (AvgIpc) is 3.19. The summed E-state index contributed by atoms with van der Waals surface area (Å²) in [6, 6.07) is 12.4. The first-order valence-corrected chi connectivity index (χ1v) is 13.2. The first-order chi connectivity index (χ1) is 18.3. The molecule has 0 radical (unpaired) electrons. The Morgan fingerprint density at radius 3 is 2.28 bits per heavy atom. The maximum Gasteiger partial charge on any atom is 0.490 e. The molecule has 0 amide bonds. The van der Waals surface area contributed by atoms with Crippen LogP contribution in [0.25, 0.3) is 0 Å². The van der Waals surface area contributed by atoms with Gasteiger partial charge in [-0.2, -0.15) is 13.2 Å². The van der Waals surface area contributed by atoms with Crippen molar-refractivity contribution in [2.75, 3.05) is 33.1 Å². The Labute approximate surface area is 240 Å². The Morgan fingerprint density at radius 2 is 1.72 bits per heavy atom. The zero-order valence-electron chi connectivity index (χ0n) is 21.6. The van der Waals surface area contributed by atoms with Crippen molar-refractivity contribution in [2.45, 2.75) is 49.4 Å². The number of fused-ring (bicyclic) bond motifs is 1. The van der Waals surface area contributed by atoms with Gasteiger partial charge in [-0.25, -0.2) is 4.79 Å². The van der Waals surface area contributed by atoms with Crippen molar-refractivity contribution in [3.8, 4) is 11.5 Å². The van der Waals surface area contributed by atoms with Gasteiger partial charge in [0.1, 0.15) is 0 Å². The minimum Gasteiger partial charge on any atom is -0.493 e. The number of aliphatic carboxylic acids is 1. The van der Waals surface area contributed by atoms with Gasteiger partial charge in [0.15, 0.2) is 16.6 Å². The summed E-state index contributed by atoms with van der Waals surface area (Å²) in [5.41, 5.74) is 2.23. The highest BCUT2D eigenvalue weighted by molar-refractivity contribution is 7.80. The molecule has 0 bridgehead atoms. The number of likely N-dealkylation sites (N-methyl/N-ethyl adjacent to an activating group) is 1. The molecular formula is C26H30Cl2F3N3O4S. The summed E-state index contributed by atoms with van der Waals surface area (Å²) in [5, 5.41) is 15.6. The first kappa shape index (κ1) is 31.1. The lowest BCUT2D eigenvalue weighted by Crippen LogP contribution is -2.52. The molecule has 1 heterocycles. The molecule has 0 unspecified atom stereocenters. The third-order valence-electron chi connectivity index (χ3n) is 7.18. The highest BCUT2D eigenvalue weighted by Crippen LogP contribution is 2.49. The Balaban J connectivity index is 0.000000532. The summed E-state index contributed by atoms with van der Waals surface area (Å²) < 4.78 is 42.8. The van der Waals surface area contributed by atoms with Crippen LogP contribution in [0, 0.1) is 0 Å². The second kappa shape index (κ2) is 12.8. The molecule has 2 fully saturated rings. The monoisotopic (exact) mass is 607 g/mol. The van der Waals surface area contributed by atoms with Crippen molar-refractivity contribution < 1.29 is 32.5 Å². The molecule has 1 saturated heterocycles. The molecule has 3 atom stereocenters. The van der Waals surface area contributed by atoms with E-state index in [4.69, 9.17) is 54.8 Å². The van der Waals surface area contributed by atoms with E-state index in [1.807, 2.05) is 18.2 Å². The molecule has 2 aromatic carbocycles. The van der Waals surface area contributed by atoms with Gasteiger partial charge < -0.3 is 30.1 Å². The lowest BCUT2D eigenvalue weighted by atomic mass is 9.65. The summed E-state index contributed by atoms with van der Waals surface area (Å²) in [5.74, 6) is -1.20. The van der Waals surface area contributed by atoms with Crippen LogP contribution in [0.15, 0.2) is 36.4 Å². The van der Waals surface area contributed by atoms with Crippen LogP contribution in [0.3, 0.4) is 0 Å². The zero-order chi connectivity index (χ0) is 29.0. The molecule has 39 heavy (non-hydrogen) atoms. The third-order valence-corrected chi connectivity index (χ3v) is 7.84. The maximum atomic E-state index is 10.6. The van der Waals surface area contributed by atoms with E-state index in [0.717, 1.165) is 49.4 Å². The molecule has 2 aromatic rings. The number of benzene rings is 2. The topological polar surface area (TPSA) is 83.1 Å².